The van der Waals surface area contributed by atoms with Gasteiger partial charge in [-0.2, -0.15) is 5.10 Å². The number of ether oxygens (including phenoxy) is 1. The van der Waals surface area contributed by atoms with Gasteiger partial charge in [0.1, 0.15) is 0 Å². The molecule has 0 spiro atoms. The smallest absolute Gasteiger partial charge is 0.359 e. The number of nitrogens with zero attached hydrogens (tertiary/aromatic N) is 1. The SMILES string of the molecule is CCOC(=O)c1n[nH]c2c1[C@@H]1[C@H](C)[C@@H]1C2. The maximum absolute atomic E-state index is 11.6. The minimum absolute atomic E-state index is 0.283. The summed E-state index contributed by atoms with van der Waals surface area (Å²) in [5.74, 6) is 1.72. The number of hydrogen-bond donors (Lipinski definition) is 1. The van der Waals surface area contributed by atoms with Crippen LogP contribution in [0.4, 0.5) is 0 Å². The monoisotopic (exact) mass is 206 g/mol. The second-order valence-electron chi connectivity index (χ2n) is 4.44. The van der Waals surface area contributed by atoms with Crippen molar-refractivity contribution in [3.63, 3.8) is 0 Å². The van der Waals surface area contributed by atoms with Gasteiger partial charge in [-0.3, -0.25) is 5.10 Å². The maximum Gasteiger partial charge on any atom is 0.359 e. The van der Waals surface area contributed by atoms with Crippen LogP contribution in [0.15, 0.2) is 0 Å². The lowest BCUT2D eigenvalue weighted by Crippen LogP contribution is -2.07. The van der Waals surface area contributed by atoms with Crippen LogP contribution in [-0.2, 0) is 11.2 Å². The summed E-state index contributed by atoms with van der Waals surface area (Å²) >= 11 is 0. The van der Waals surface area contributed by atoms with E-state index in [0.717, 1.165) is 23.6 Å². The molecule has 3 rings (SSSR count). The zero-order valence-electron chi connectivity index (χ0n) is 8.91. The summed E-state index contributed by atoms with van der Waals surface area (Å²) in [5.41, 5.74) is 2.79. The highest BCUT2D eigenvalue weighted by Gasteiger charge is 2.55. The lowest BCUT2D eigenvalue weighted by atomic mass is 10.1. The van der Waals surface area contributed by atoms with Crippen molar-refractivity contribution in [1.82, 2.24) is 10.2 Å². The van der Waals surface area contributed by atoms with Crippen LogP contribution in [0.5, 0.6) is 0 Å². The van der Waals surface area contributed by atoms with E-state index in [2.05, 4.69) is 17.1 Å². The molecule has 1 saturated carbocycles. The molecule has 2 aliphatic rings. The van der Waals surface area contributed by atoms with Gasteiger partial charge in [0.2, 0.25) is 0 Å². The van der Waals surface area contributed by atoms with E-state index in [4.69, 9.17) is 4.74 Å². The van der Waals surface area contributed by atoms with Crippen molar-refractivity contribution in [1.29, 1.82) is 0 Å². The molecule has 1 aromatic rings. The van der Waals surface area contributed by atoms with Crippen LogP contribution in [-0.4, -0.2) is 22.8 Å². The molecule has 1 N–H and O–H groups in total. The minimum atomic E-state index is -0.283. The minimum Gasteiger partial charge on any atom is -0.461 e. The third kappa shape index (κ3) is 1.07. The fourth-order valence-corrected chi connectivity index (χ4v) is 2.83. The zero-order valence-corrected chi connectivity index (χ0v) is 8.91. The molecule has 1 heterocycles. The Balaban J connectivity index is 1.95. The third-order valence-corrected chi connectivity index (χ3v) is 3.69. The Morgan fingerprint density at radius 3 is 3.20 bits per heavy atom. The molecule has 1 fully saturated rings. The van der Waals surface area contributed by atoms with Gasteiger partial charge in [0.05, 0.1) is 6.61 Å². The first-order chi connectivity index (χ1) is 7.24. The molecule has 0 bridgehead atoms. The molecular formula is C11H14N2O2. The van der Waals surface area contributed by atoms with Crippen LogP contribution >= 0.6 is 0 Å². The normalized spacial score (nSPS) is 30.9. The van der Waals surface area contributed by atoms with Gasteiger partial charge in [-0.15, -0.1) is 0 Å². The largest absolute Gasteiger partial charge is 0.461 e. The molecule has 2 aliphatic carbocycles. The number of nitrogens with one attached hydrogen (secondary N) is 1. The van der Waals surface area contributed by atoms with Crippen molar-refractivity contribution in [3.8, 4) is 0 Å². The van der Waals surface area contributed by atoms with E-state index in [0.29, 0.717) is 24.1 Å². The van der Waals surface area contributed by atoms with Crippen LogP contribution in [0.3, 0.4) is 0 Å². The Labute approximate surface area is 88.0 Å². The molecule has 0 radical (unpaired) electrons. The summed E-state index contributed by atoms with van der Waals surface area (Å²) in [4.78, 5) is 11.6. The summed E-state index contributed by atoms with van der Waals surface area (Å²) in [7, 11) is 0. The molecule has 0 unspecified atom stereocenters. The van der Waals surface area contributed by atoms with Crippen LogP contribution < -0.4 is 0 Å². The topological polar surface area (TPSA) is 55.0 Å². The Kier molecular flexibility index (Phi) is 1.69. The number of hydrogen-bond acceptors (Lipinski definition) is 3. The first-order valence-electron chi connectivity index (χ1n) is 5.48. The van der Waals surface area contributed by atoms with E-state index in [1.807, 2.05) is 6.92 Å². The third-order valence-electron chi connectivity index (χ3n) is 3.69. The lowest BCUT2D eigenvalue weighted by molar-refractivity contribution is 0.0518. The standard InChI is InChI=1S/C11H14N2O2/c1-3-15-11(14)10-9-7(12-13-10)4-6-5(2)8(6)9/h5-6,8H,3-4H2,1-2H3,(H,12,13)/t5-,6+,8-/m1/s1. The van der Waals surface area contributed by atoms with Gasteiger partial charge in [0, 0.05) is 11.3 Å². The zero-order chi connectivity index (χ0) is 10.6. The molecule has 4 nitrogen and oxygen atoms in total. The number of aromatic nitrogens is 2. The van der Waals surface area contributed by atoms with E-state index in [-0.39, 0.29) is 5.97 Å². The highest BCUT2D eigenvalue weighted by Crippen LogP contribution is 2.61. The molecule has 80 valence electrons. The molecule has 4 heteroatoms. The van der Waals surface area contributed by atoms with E-state index in [9.17, 15) is 4.79 Å². The number of fused-ring (bicyclic) bond motifs is 3. The predicted molar refractivity (Wildman–Crippen MR) is 53.6 cm³/mol. The molecule has 3 atom stereocenters. The second-order valence-corrected chi connectivity index (χ2v) is 4.44. The number of rotatable bonds is 2. The molecule has 0 saturated heterocycles. The van der Waals surface area contributed by atoms with Crippen LogP contribution in [0, 0.1) is 11.8 Å². The van der Waals surface area contributed by atoms with Crippen molar-refractivity contribution in [3.05, 3.63) is 17.0 Å². The quantitative estimate of drug-likeness (QED) is 0.746. The lowest BCUT2D eigenvalue weighted by Gasteiger charge is -2.01. The molecule has 0 aliphatic heterocycles. The van der Waals surface area contributed by atoms with E-state index in [1.165, 1.54) is 0 Å². The first-order valence-corrected chi connectivity index (χ1v) is 5.48. The number of carbonyl (C=O) groups excluding carboxylic acids is 1. The van der Waals surface area contributed by atoms with Crippen molar-refractivity contribution in [2.45, 2.75) is 26.2 Å². The van der Waals surface area contributed by atoms with Gasteiger partial charge in [0.15, 0.2) is 5.69 Å². The average molecular weight is 206 g/mol. The Morgan fingerprint density at radius 1 is 1.67 bits per heavy atom. The molecule has 0 amide bonds. The van der Waals surface area contributed by atoms with Crippen LogP contribution in [0.2, 0.25) is 0 Å². The Morgan fingerprint density at radius 2 is 2.47 bits per heavy atom. The van der Waals surface area contributed by atoms with Crippen molar-refractivity contribution < 1.29 is 9.53 Å². The summed E-state index contributed by atoms with van der Waals surface area (Å²) in [5, 5.41) is 7.02. The van der Waals surface area contributed by atoms with E-state index >= 15 is 0 Å². The maximum atomic E-state index is 11.6. The number of aromatic amines is 1. The fourth-order valence-electron chi connectivity index (χ4n) is 2.83. The molecule has 15 heavy (non-hydrogen) atoms. The van der Waals surface area contributed by atoms with Gasteiger partial charge >= 0.3 is 5.97 Å². The summed E-state index contributed by atoms with van der Waals surface area (Å²) in [6.07, 6.45) is 1.05. The summed E-state index contributed by atoms with van der Waals surface area (Å²) < 4.78 is 4.99. The number of esters is 1. The highest BCUT2D eigenvalue weighted by molar-refractivity contribution is 5.90. The van der Waals surface area contributed by atoms with E-state index < -0.39 is 0 Å². The molecule has 0 aromatic carbocycles. The van der Waals surface area contributed by atoms with Crippen molar-refractivity contribution in [2.24, 2.45) is 11.8 Å². The van der Waals surface area contributed by atoms with E-state index in [1.54, 1.807) is 0 Å². The van der Waals surface area contributed by atoms with Crippen molar-refractivity contribution >= 4 is 5.97 Å². The first kappa shape index (κ1) is 8.95. The predicted octanol–water partition coefficient (Wildman–Crippen LogP) is 1.49. The van der Waals surface area contributed by atoms with Crippen molar-refractivity contribution in [2.75, 3.05) is 6.61 Å². The number of carbonyl (C=O) groups is 1. The van der Waals surface area contributed by atoms with Gasteiger partial charge in [-0.1, -0.05) is 6.92 Å². The summed E-state index contributed by atoms with van der Waals surface area (Å²) in [6.45, 7) is 4.46. The van der Waals surface area contributed by atoms with Gasteiger partial charge in [0.25, 0.3) is 0 Å². The van der Waals surface area contributed by atoms with Gasteiger partial charge in [-0.25, -0.2) is 4.79 Å². The molecular weight excluding hydrogens is 192 g/mol. The van der Waals surface area contributed by atoms with Gasteiger partial charge in [-0.05, 0) is 31.1 Å². The molecule has 1 aromatic heterocycles. The Bertz CT molecular complexity index is 424. The fraction of sp³-hybridized carbons (Fsp3) is 0.636. The van der Waals surface area contributed by atoms with Crippen LogP contribution in [0.1, 0.15) is 41.5 Å². The van der Waals surface area contributed by atoms with Gasteiger partial charge < -0.3 is 4.74 Å². The number of H-pyrrole nitrogens is 1. The van der Waals surface area contributed by atoms with Crippen LogP contribution in [0.25, 0.3) is 0 Å². The summed E-state index contributed by atoms with van der Waals surface area (Å²) in [6, 6.07) is 0. The Hall–Kier alpha value is -1.32. The average Bonchev–Trinajstić information content (AvgIpc) is 2.63. The second kappa shape index (κ2) is 2.84. The highest BCUT2D eigenvalue weighted by atomic mass is 16.5.